The first-order chi connectivity index (χ1) is 21.2. The highest BCUT2D eigenvalue weighted by molar-refractivity contribution is 6.31. The van der Waals surface area contributed by atoms with Gasteiger partial charge in [-0.15, -0.1) is 0 Å². The lowest BCUT2D eigenvalue weighted by Crippen LogP contribution is -2.44. The first-order valence-electron chi connectivity index (χ1n) is 15.0. The van der Waals surface area contributed by atoms with Gasteiger partial charge in [-0.25, -0.2) is 0 Å². The van der Waals surface area contributed by atoms with Gasteiger partial charge in [0.1, 0.15) is 0 Å². The summed E-state index contributed by atoms with van der Waals surface area (Å²) in [5, 5.41) is 21.9. The van der Waals surface area contributed by atoms with E-state index in [2.05, 4.69) is 0 Å². The summed E-state index contributed by atoms with van der Waals surface area (Å²) in [4.78, 5) is 44.2. The second-order valence-electron chi connectivity index (χ2n) is 11.4. The van der Waals surface area contributed by atoms with E-state index in [-0.39, 0.29) is 37.9 Å². The Morgan fingerprint density at radius 2 is 1.80 bits per heavy atom. The Morgan fingerprint density at radius 3 is 2.50 bits per heavy atom. The molecule has 230 valence electrons. The summed E-state index contributed by atoms with van der Waals surface area (Å²) in [5.41, 5.74) is 1.76. The molecule has 9 heteroatoms. The van der Waals surface area contributed by atoms with Crippen LogP contribution >= 0.6 is 11.6 Å². The second-order valence-corrected chi connectivity index (χ2v) is 11.9. The first-order valence-corrected chi connectivity index (χ1v) is 15.4. The minimum Gasteiger partial charge on any atom is -0.395 e. The Hall–Kier alpha value is -3.98. The highest BCUT2D eigenvalue weighted by Crippen LogP contribution is 2.46. The molecule has 3 aromatic carbocycles. The minimum absolute atomic E-state index is 0.0550. The van der Waals surface area contributed by atoms with Gasteiger partial charge >= 0.3 is 0 Å². The van der Waals surface area contributed by atoms with E-state index in [1.807, 2.05) is 54.6 Å². The maximum Gasteiger partial charge on any atom is 0.264 e. The second kappa shape index (κ2) is 13.8. The Morgan fingerprint density at radius 1 is 1.05 bits per heavy atom. The maximum atomic E-state index is 13.9. The normalized spacial score (nSPS) is 19.0. The van der Waals surface area contributed by atoms with Gasteiger partial charge in [0.15, 0.2) is 5.60 Å². The fourth-order valence-electron chi connectivity index (χ4n) is 5.98. The molecule has 0 aliphatic carbocycles. The minimum atomic E-state index is -1.88. The molecule has 2 aliphatic heterocycles. The predicted octanol–water partition coefficient (Wildman–Crippen LogP) is 5.19. The summed E-state index contributed by atoms with van der Waals surface area (Å²) in [7, 11) is 0. The van der Waals surface area contributed by atoms with Crippen molar-refractivity contribution in [1.82, 2.24) is 4.90 Å². The number of aliphatic hydroxyl groups is 2. The van der Waals surface area contributed by atoms with Gasteiger partial charge in [-0.1, -0.05) is 73.1 Å². The highest BCUT2D eigenvalue weighted by atomic mass is 35.5. The van der Waals surface area contributed by atoms with Crippen molar-refractivity contribution in [2.75, 3.05) is 29.5 Å². The standard InChI is InChI=1S/C35H38ClN3O5/c1-25(8-7-12-32(41)37(20-21-40)23-26-9-3-2-4-10-26)35(44)30-22-28(36)15-18-31(30)39(34(35)43)24-27-13-16-29(17-14-27)38-19-6-5-11-33(38)42/h2-4,7-10,13-18,22,25,40,44H,5-6,11-12,19-21,23-24H2,1H3/b8-7+/t25-,35+/m0/s1. The molecule has 2 N–H and O–H groups in total. The van der Waals surface area contributed by atoms with Crippen molar-refractivity contribution in [2.24, 2.45) is 5.92 Å². The number of halogens is 1. The summed E-state index contributed by atoms with van der Waals surface area (Å²) >= 11 is 6.33. The third kappa shape index (κ3) is 6.58. The molecule has 2 atom stereocenters. The molecule has 8 nitrogen and oxygen atoms in total. The number of benzene rings is 3. The van der Waals surface area contributed by atoms with Crippen molar-refractivity contribution in [3.63, 3.8) is 0 Å². The number of amides is 3. The number of hydrogen-bond acceptors (Lipinski definition) is 5. The molecule has 0 radical (unpaired) electrons. The fourth-order valence-corrected chi connectivity index (χ4v) is 6.15. The van der Waals surface area contributed by atoms with Crippen LogP contribution < -0.4 is 9.80 Å². The average molecular weight is 616 g/mol. The van der Waals surface area contributed by atoms with E-state index in [4.69, 9.17) is 11.6 Å². The fraction of sp³-hybridized carbons (Fsp3) is 0.343. The Balaban J connectivity index is 1.31. The topological polar surface area (TPSA) is 101 Å². The van der Waals surface area contributed by atoms with Gasteiger partial charge in [-0.3, -0.25) is 14.4 Å². The largest absolute Gasteiger partial charge is 0.395 e. The van der Waals surface area contributed by atoms with Crippen LogP contribution in [0, 0.1) is 5.92 Å². The van der Waals surface area contributed by atoms with Crippen molar-refractivity contribution in [1.29, 1.82) is 0 Å². The zero-order chi connectivity index (χ0) is 31.3. The van der Waals surface area contributed by atoms with Crippen LogP contribution in [0.2, 0.25) is 5.02 Å². The summed E-state index contributed by atoms with van der Waals surface area (Å²) in [6.45, 7) is 3.10. The molecule has 3 aromatic rings. The molecule has 3 amide bonds. The summed E-state index contributed by atoms with van der Waals surface area (Å²) < 4.78 is 0. The molecule has 0 unspecified atom stereocenters. The van der Waals surface area contributed by atoms with E-state index in [0.717, 1.165) is 29.7 Å². The van der Waals surface area contributed by atoms with Gasteiger partial charge < -0.3 is 24.9 Å². The molecule has 5 rings (SSSR count). The number of rotatable bonds is 11. The zero-order valence-corrected chi connectivity index (χ0v) is 25.6. The van der Waals surface area contributed by atoms with Gasteiger partial charge in [0, 0.05) is 54.7 Å². The van der Waals surface area contributed by atoms with Gasteiger partial charge in [-0.2, -0.15) is 0 Å². The molecule has 2 heterocycles. The molecular formula is C35H38ClN3O5. The molecular weight excluding hydrogens is 578 g/mol. The SMILES string of the molecule is C[C@@H](/C=C/CC(=O)N(CCO)Cc1ccccc1)[C@]1(O)C(=O)N(Cc2ccc(N3CCCCC3=O)cc2)c2ccc(Cl)cc21. The Kier molecular flexibility index (Phi) is 9.84. The van der Waals surface area contributed by atoms with E-state index in [9.17, 15) is 24.6 Å². The third-order valence-electron chi connectivity index (χ3n) is 8.46. The lowest BCUT2D eigenvalue weighted by atomic mass is 9.83. The van der Waals surface area contributed by atoms with Crippen molar-refractivity contribution in [3.8, 4) is 0 Å². The predicted molar refractivity (Wildman–Crippen MR) is 171 cm³/mol. The van der Waals surface area contributed by atoms with E-state index in [1.165, 1.54) is 0 Å². The monoisotopic (exact) mass is 615 g/mol. The molecule has 2 aliphatic rings. The van der Waals surface area contributed by atoms with Crippen LogP contribution in [0.15, 0.2) is 84.9 Å². The number of anilines is 2. The van der Waals surface area contributed by atoms with Crippen LogP contribution in [0.5, 0.6) is 0 Å². The lowest BCUT2D eigenvalue weighted by molar-refractivity contribution is -0.139. The zero-order valence-electron chi connectivity index (χ0n) is 24.9. The Bertz CT molecular complexity index is 1530. The number of hydrogen-bond donors (Lipinski definition) is 2. The highest BCUT2D eigenvalue weighted by Gasteiger charge is 2.52. The van der Waals surface area contributed by atoms with E-state index in [0.29, 0.717) is 35.8 Å². The van der Waals surface area contributed by atoms with Crippen molar-refractivity contribution >= 4 is 40.7 Å². The quantitative estimate of drug-likeness (QED) is 0.289. The van der Waals surface area contributed by atoms with Crippen LogP contribution in [0.25, 0.3) is 0 Å². The van der Waals surface area contributed by atoms with Crippen LogP contribution in [0.1, 0.15) is 49.3 Å². The lowest BCUT2D eigenvalue weighted by Gasteiger charge is -2.28. The van der Waals surface area contributed by atoms with E-state index < -0.39 is 17.4 Å². The van der Waals surface area contributed by atoms with Gasteiger partial charge in [0.25, 0.3) is 5.91 Å². The number of piperidine rings is 1. The molecule has 0 saturated carbocycles. The smallest absolute Gasteiger partial charge is 0.264 e. The number of nitrogens with zero attached hydrogens (tertiary/aromatic N) is 3. The Labute approximate surface area is 263 Å². The molecule has 0 spiro atoms. The van der Waals surface area contributed by atoms with Crippen molar-refractivity contribution in [2.45, 2.75) is 51.3 Å². The van der Waals surface area contributed by atoms with Crippen LogP contribution in [-0.4, -0.2) is 52.5 Å². The summed E-state index contributed by atoms with van der Waals surface area (Å²) in [6, 6.07) is 22.2. The summed E-state index contributed by atoms with van der Waals surface area (Å²) in [6.07, 6.45) is 5.85. The number of aliphatic hydroxyl groups excluding tert-OH is 1. The molecule has 0 aromatic heterocycles. The first kappa shape index (κ1) is 31.4. The van der Waals surface area contributed by atoms with Crippen LogP contribution in [-0.2, 0) is 33.1 Å². The molecule has 44 heavy (non-hydrogen) atoms. The van der Waals surface area contributed by atoms with Gasteiger partial charge in [-0.05, 0) is 54.3 Å². The van der Waals surface area contributed by atoms with Crippen LogP contribution in [0.4, 0.5) is 11.4 Å². The van der Waals surface area contributed by atoms with E-state index in [1.54, 1.807) is 52.0 Å². The maximum absolute atomic E-state index is 13.9. The third-order valence-corrected chi connectivity index (χ3v) is 8.69. The van der Waals surface area contributed by atoms with Gasteiger partial charge in [0.05, 0.1) is 18.8 Å². The van der Waals surface area contributed by atoms with Crippen LogP contribution in [0.3, 0.4) is 0 Å². The molecule has 0 bridgehead atoms. The molecule has 1 saturated heterocycles. The van der Waals surface area contributed by atoms with Crippen molar-refractivity contribution < 1.29 is 24.6 Å². The van der Waals surface area contributed by atoms with E-state index >= 15 is 0 Å². The van der Waals surface area contributed by atoms with Crippen molar-refractivity contribution in [3.05, 3.63) is 107 Å². The molecule has 1 fully saturated rings. The number of fused-ring (bicyclic) bond motifs is 1. The number of carbonyl (C=O) groups excluding carboxylic acids is 3. The summed E-state index contributed by atoms with van der Waals surface area (Å²) in [5.74, 6) is -1.19. The average Bonchev–Trinajstić information content (AvgIpc) is 3.24. The van der Waals surface area contributed by atoms with Gasteiger partial charge in [0.2, 0.25) is 11.8 Å². The number of carbonyl (C=O) groups is 3.